The molecule has 130 valence electrons. The van der Waals surface area contributed by atoms with Crippen LogP contribution in [0.15, 0.2) is 72.8 Å². The highest BCUT2D eigenvalue weighted by Crippen LogP contribution is 2.38. The molecule has 0 bridgehead atoms. The third-order valence-corrected chi connectivity index (χ3v) is 3.81. The van der Waals surface area contributed by atoms with E-state index in [1.165, 1.54) is 18.2 Å². The van der Waals surface area contributed by atoms with E-state index < -0.39 is 9.85 Å². The fourth-order valence-electron chi connectivity index (χ4n) is 2.59. The van der Waals surface area contributed by atoms with Crippen molar-refractivity contribution in [1.82, 2.24) is 0 Å². The molecular formula is C19H14N2O5. The lowest BCUT2D eigenvalue weighted by atomic mass is 10.0. The Hall–Kier alpha value is -3.74. The van der Waals surface area contributed by atoms with Crippen molar-refractivity contribution < 1.29 is 14.6 Å². The van der Waals surface area contributed by atoms with E-state index in [2.05, 4.69) is 0 Å². The van der Waals surface area contributed by atoms with Gasteiger partial charge in [0, 0.05) is 12.1 Å². The van der Waals surface area contributed by atoms with E-state index in [1.54, 1.807) is 24.3 Å². The van der Waals surface area contributed by atoms with E-state index >= 15 is 0 Å². The van der Waals surface area contributed by atoms with Crippen LogP contribution in [0.5, 0.6) is 5.75 Å². The molecule has 3 aromatic rings. The van der Waals surface area contributed by atoms with Gasteiger partial charge >= 0.3 is 0 Å². The Bertz CT molecular complexity index is 908. The van der Waals surface area contributed by atoms with Gasteiger partial charge in [0.25, 0.3) is 11.4 Å². The molecule has 0 aliphatic heterocycles. The summed E-state index contributed by atoms with van der Waals surface area (Å²) in [7, 11) is 0. The molecule has 0 atom stereocenters. The summed E-state index contributed by atoms with van der Waals surface area (Å²) in [6.07, 6.45) is 0. The van der Waals surface area contributed by atoms with Gasteiger partial charge in [-0.05, 0) is 29.3 Å². The quantitative estimate of drug-likeness (QED) is 0.472. The van der Waals surface area contributed by atoms with Crippen LogP contribution in [0.2, 0.25) is 0 Å². The first-order valence-electron chi connectivity index (χ1n) is 7.75. The molecule has 3 rings (SSSR count). The van der Waals surface area contributed by atoms with Crippen molar-refractivity contribution in [2.45, 2.75) is 6.61 Å². The van der Waals surface area contributed by atoms with Crippen LogP contribution in [-0.4, -0.2) is 9.85 Å². The maximum atomic E-state index is 11.3. The zero-order valence-electron chi connectivity index (χ0n) is 13.6. The van der Waals surface area contributed by atoms with Crippen molar-refractivity contribution in [3.63, 3.8) is 0 Å². The summed E-state index contributed by atoms with van der Waals surface area (Å²) in [6, 6.07) is 19.9. The first-order valence-corrected chi connectivity index (χ1v) is 7.75. The lowest BCUT2D eigenvalue weighted by molar-refractivity contribution is -0.392. The summed E-state index contributed by atoms with van der Waals surface area (Å²) in [5, 5.41) is 22.5. The minimum atomic E-state index is -0.623. The van der Waals surface area contributed by atoms with Gasteiger partial charge < -0.3 is 4.74 Å². The molecule has 0 aliphatic carbocycles. The average molecular weight is 350 g/mol. The van der Waals surface area contributed by atoms with Crippen molar-refractivity contribution in [3.05, 3.63) is 98.6 Å². The Morgan fingerprint density at radius 1 is 0.731 bits per heavy atom. The van der Waals surface area contributed by atoms with Gasteiger partial charge in [0.05, 0.1) is 9.85 Å². The smallest absolute Gasteiger partial charge is 0.284 e. The van der Waals surface area contributed by atoms with Crippen LogP contribution >= 0.6 is 0 Å². The van der Waals surface area contributed by atoms with Gasteiger partial charge in [0.1, 0.15) is 17.9 Å². The van der Waals surface area contributed by atoms with Crippen molar-refractivity contribution >= 4 is 11.4 Å². The molecule has 7 nitrogen and oxygen atoms in total. The van der Waals surface area contributed by atoms with Gasteiger partial charge in [0.2, 0.25) is 0 Å². The van der Waals surface area contributed by atoms with Crippen LogP contribution in [-0.2, 0) is 6.61 Å². The molecule has 0 saturated heterocycles. The molecule has 0 saturated carbocycles. The highest BCUT2D eigenvalue weighted by molar-refractivity contribution is 5.82. The fourth-order valence-corrected chi connectivity index (χ4v) is 2.59. The van der Waals surface area contributed by atoms with Crippen LogP contribution in [0.3, 0.4) is 0 Å². The monoisotopic (exact) mass is 350 g/mol. The number of benzene rings is 3. The average Bonchev–Trinajstić information content (AvgIpc) is 2.67. The number of ether oxygens (including phenoxy) is 1. The van der Waals surface area contributed by atoms with E-state index in [9.17, 15) is 20.2 Å². The summed E-state index contributed by atoms with van der Waals surface area (Å²) < 4.78 is 5.67. The molecule has 0 heterocycles. The Morgan fingerprint density at radius 2 is 1.31 bits per heavy atom. The molecule has 7 heteroatoms. The van der Waals surface area contributed by atoms with Crippen LogP contribution < -0.4 is 4.74 Å². The lowest BCUT2D eigenvalue weighted by Crippen LogP contribution is -1.98. The highest BCUT2D eigenvalue weighted by Gasteiger charge is 2.25. The van der Waals surface area contributed by atoms with Crippen molar-refractivity contribution in [1.29, 1.82) is 0 Å². The number of nitro benzene ring substituents is 2. The lowest BCUT2D eigenvalue weighted by Gasteiger charge is -2.08. The van der Waals surface area contributed by atoms with Gasteiger partial charge in [-0.1, -0.05) is 42.5 Å². The molecule has 0 amide bonds. The van der Waals surface area contributed by atoms with Gasteiger partial charge in [-0.2, -0.15) is 0 Å². The third kappa shape index (κ3) is 3.67. The summed E-state index contributed by atoms with van der Waals surface area (Å²) in [6.45, 7) is 0.381. The van der Waals surface area contributed by atoms with Crippen LogP contribution in [0.25, 0.3) is 11.1 Å². The molecule has 0 fully saturated rings. The molecule has 0 aromatic heterocycles. The van der Waals surface area contributed by atoms with Gasteiger partial charge in [-0.3, -0.25) is 20.2 Å². The van der Waals surface area contributed by atoms with Crippen molar-refractivity contribution in [2.75, 3.05) is 0 Å². The molecule has 26 heavy (non-hydrogen) atoms. The first-order chi connectivity index (χ1) is 12.6. The molecule has 0 radical (unpaired) electrons. The zero-order valence-corrected chi connectivity index (χ0v) is 13.6. The number of hydrogen-bond donors (Lipinski definition) is 0. The van der Waals surface area contributed by atoms with E-state index in [0.29, 0.717) is 17.9 Å². The normalized spacial score (nSPS) is 10.3. The summed E-state index contributed by atoms with van der Waals surface area (Å²) in [4.78, 5) is 21.3. The Kier molecular flexibility index (Phi) is 4.89. The maximum absolute atomic E-state index is 11.3. The zero-order chi connectivity index (χ0) is 18.5. The molecule has 0 N–H and O–H groups in total. The third-order valence-electron chi connectivity index (χ3n) is 3.81. The van der Waals surface area contributed by atoms with E-state index in [0.717, 1.165) is 5.56 Å². The van der Waals surface area contributed by atoms with E-state index in [4.69, 9.17) is 4.74 Å². The van der Waals surface area contributed by atoms with Gasteiger partial charge in [-0.25, -0.2) is 0 Å². The molecule has 3 aromatic carbocycles. The molecule has 0 spiro atoms. The van der Waals surface area contributed by atoms with Crippen molar-refractivity contribution in [2.24, 2.45) is 0 Å². The maximum Gasteiger partial charge on any atom is 0.284 e. The summed E-state index contributed by atoms with van der Waals surface area (Å²) in [5.41, 5.74) is 0.758. The minimum absolute atomic E-state index is 0.0166. The van der Waals surface area contributed by atoms with Gasteiger partial charge in [0.15, 0.2) is 0 Å². The van der Waals surface area contributed by atoms with E-state index in [1.807, 2.05) is 30.3 Å². The molecule has 0 unspecified atom stereocenters. The fraction of sp³-hybridized carbons (Fsp3) is 0.0526. The SMILES string of the molecule is O=[N+]([O-])c1cccc([N+](=O)[O-])c1-c1ccc(OCc2ccccc2)cc1. The predicted octanol–water partition coefficient (Wildman–Crippen LogP) is 4.75. The predicted molar refractivity (Wildman–Crippen MR) is 96.0 cm³/mol. The number of nitrogens with zero attached hydrogens (tertiary/aromatic N) is 2. The second kappa shape index (κ2) is 7.43. The van der Waals surface area contributed by atoms with Crippen LogP contribution in [0, 0.1) is 20.2 Å². The Labute approximate surface area is 148 Å². The summed E-state index contributed by atoms with van der Waals surface area (Å²) >= 11 is 0. The Morgan fingerprint density at radius 3 is 1.85 bits per heavy atom. The standard InChI is InChI=1S/C19H14N2O5/c22-20(23)17-7-4-8-18(21(24)25)19(17)15-9-11-16(12-10-15)26-13-14-5-2-1-3-6-14/h1-12H,13H2. The second-order valence-corrected chi connectivity index (χ2v) is 5.48. The number of nitro groups is 2. The largest absolute Gasteiger partial charge is 0.489 e. The van der Waals surface area contributed by atoms with E-state index in [-0.39, 0.29) is 16.9 Å². The number of hydrogen-bond acceptors (Lipinski definition) is 5. The molecule has 0 aliphatic rings. The second-order valence-electron chi connectivity index (χ2n) is 5.48. The van der Waals surface area contributed by atoms with Crippen LogP contribution in [0.4, 0.5) is 11.4 Å². The Balaban J connectivity index is 1.89. The van der Waals surface area contributed by atoms with Crippen molar-refractivity contribution in [3.8, 4) is 16.9 Å². The minimum Gasteiger partial charge on any atom is -0.489 e. The summed E-state index contributed by atoms with van der Waals surface area (Å²) in [5.74, 6) is 0.568. The van der Waals surface area contributed by atoms with Crippen LogP contribution in [0.1, 0.15) is 5.56 Å². The number of rotatable bonds is 6. The first kappa shape index (κ1) is 17.1. The molecular weight excluding hydrogens is 336 g/mol. The van der Waals surface area contributed by atoms with Gasteiger partial charge in [-0.15, -0.1) is 0 Å². The highest BCUT2D eigenvalue weighted by atomic mass is 16.6. The topological polar surface area (TPSA) is 95.5 Å².